The molecule has 0 saturated carbocycles. The molecule has 0 unspecified atom stereocenters. The molecule has 0 aliphatic carbocycles. The van der Waals surface area contributed by atoms with Gasteiger partial charge in [-0.05, 0) is 52.0 Å². The molecule has 122 valence electrons. The summed E-state index contributed by atoms with van der Waals surface area (Å²) in [7, 11) is 1.71. The summed E-state index contributed by atoms with van der Waals surface area (Å²) in [4.78, 5) is 26.6. The summed E-state index contributed by atoms with van der Waals surface area (Å²) in [6, 6.07) is 11.2. The van der Waals surface area contributed by atoms with Crippen LogP contribution in [0.4, 0.5) is 0 Å². The van der Waals surface area contributed by atoms with Gasteiger partial charge in [0.25, 0.3) is 5.91 Å². The van der Waals surface area contributed by atoms with E-state index in [1.54, 1.807) is 35.8 Å². The molecule has 0 aliphatic heterocycles. The number of halogens is 1. The number of carbonyl (C=O) groups is 2. The van der Waals surface area contributed by atoms with Crippen LogP contribution < -0.4 is 5.32 Å². The first-order chi connectivity index (χ1) is 11.0. The monoisotopic (exact) mass is 396 g/mol. The molecule has 0 atom stereocenters. The van der Waals surface area contributed by atoms with Crippen LogP contribution in [0.25, 0.3) is 0 Å². The number of hydrogen-bond donors (Lipinski definition) is 1. The van der Waals surface area contributed by atoms with Crippen molar-refractivity contribution in [1.29, 1.82) is 0 Å². The molecule has 7 heteroatoms. The lowest BCUT2D eigenvalue weighted by atomic mass is 10.2. The molecule has 0 spiro atoms. The normalized spacial score (nSPS) is 10.4. The highest BCUT2D eigenvalue weighted by Crippen LogP contribution is 2.16. The summed E-state index contributed by atoms with van der Waals surface area (Å²) in [5.41, 5.74) is 1.04. The lowest BCUT2D eigenvalue weighted by Crippen LogP contribution is -2.37. The number of nitrogens with one attached hydrogen (secondary N) is 1. The van der Waals surface area contributed by atoms with E-state index >= 15 is 0 Å². The van der Waals surface area contributed by atoms with Gasteiger partial charge in [0.05, 0.1) is 6.54 Å². The van der Waals surface area contributed by atoms with Crippen molar-refractivity contribution in [1.82, 2.24) is 10.2 Å². The third-order valence-corrected chi connectivity index (χ3v) is 4.37. The second-order valence-electron chi connectivity index (χ2n) is 4.88. The lowest BCUT2D eigenvalue weighted by molar-refractivity contribution is -0.129. The predicted octanol–water partition coefficient (Wildman–Crippen LogP) is 3.15. The average Bonchev–Trinajstić information content (AvgIpc) is 2.99. The van der Waals surface area contributed by atoms with Crippen LogP contribution in [-0.2, 0) is 11.3 Å². The Bertz CT molecular complexity index is 685. The van der Waals surface area contributed by atoms with E-state index in [1.165, 1.54) is 4.90 Å². The molecule has 1 aromatic heterocycles. The third-order valence-electron chi connectivity index (χ3n) is 3.20. The first-order valence-electron chi connectivity index (χ1n) is 6.90. The van der Waals surface area contributed by atoms with E-state index in [1.807, 2.05) is 30.5 Å². The molecular formula is C16H17BrN2O3S. The Morgan fingerprint density at radius 2 is 1.91 bits per heavy atom. The summed E-state index contributed by atoms with van der Waals surface area (Å²) in [5, 5.41) is 2.55. The van der Waals surface area contributed by atoms with Crippen molar-refractivity contribution >= 4 is 39.5 Å². The second-order valence-corrected chi connectivity index (χ2v) is 6.55. The summed E-state index contributed by atoms with van der Waals surface area (Å²) in [6.07, 6.45) is 2.02. The maximum Gasteiger partial charge on any atom is 0.287 e. The van der Waals surface area contributed by atoms with Gasteiger partial charge < -0.3 is 14.6 Å². The molecular weight excluding hydrogens is 380 g/mol. The van der Waals surface area contributed by atoms with Crippen molar-refractivity contribution in [3.8, 4) is 0 Å². The van der Waals surface area contributed by atoms with E-state index in [9.17, 15) is 9.59 Å². The molecule has 2 aromatic rings. The number of carbonyl (C=O) groups excluding carboxylic acids is 2. The number of likely N-dealkylation sites (N-methyl/N-ethyl adjacent to an activating group) is 1. The first kappa shape index (κ1) is 17.6. The summed E-state index contributed by atoms with van der Waals surface area (Å²) in [6.45, 7) is 0.423. The number of rotatable bonds is 6. The smallest absolute Gasteiger partial charge is 0.287 e. The number of nitrogens with zero attached hydrogens (tertiary/aromatic N) is 1. The number of benzene rings is 1. The molecule has 0 bridgehead atoms. The van der Waals surface area contributed by atoms with Crippen LogP contribution in [0.1, 0.15) is 16.1 Å². The van der Waals surface area contributed by atoms with E-state index < -0.39 is 5.91 Å². The number of furan rings is 1. The third kappa shape index (κ3) is 5.14. The highest BCUT2D eigenvalue weighted by molar-refractivity contribution is 9.10. The van der Waals surface area contributed by atoms with Crippen LogP contribution in [0, 0.1) is 0 Å². The molecule has 5 nitrogen and oxygen atoms in total. The zero-order chi connectivity index (χ0) is 16.8. The highest BCUT2D eigenvalue weighted by Gasteiger charge is 2.14. The second kappa shape index (κ2) is 8.21. The van der Waals surface area contributed by atoms with Crippen LogP contribution in [0.2, 0.25) is 0 Å². The lowest BCUT2D eigenvalue weighted by Gasteiger charge is -2.17. The van der Waals surface area contributed by atoms with Crippen LogP contribution in [0.15, 0.2) is 50.4 Å². The van der Waals surface area contributed by atoms with E-state index in [-0.39, 0.29) is 18.2 Å². The Morgan fingerprint density at radius 3 is 2.48 bits per heavy atom. The zero-order valence-electron chi connectivity index (χ0n) is 12.8. The number of hydrogen-bond acceptors (Lipinski definition) is 4. The van der Waals surface area contributed by atoms with Gasteiger partial charge in [0.1, 0.15) is 0 Å². The van der Waals surface area contributed by atoms with Crippen molar-refractivity contribution in [2.45, 2.75) is 11.4 Å². The Labute approximate surface area is 147 Å². The molecule has 23 heavy (non-hydrogen) atoms. The molecule has 1 aromatic carbocycles. The average molecular weight is 397 g/mol. The minimum Gasteiger partial charge on any atom is -0.444 e. The van der Waals surface area contributed by atoms with Gasteiger partial charge in [-0.15, -0.1) is 11.8 Å². The van der Waals surface area contributed by atoms with Crippen molar-refractivity contribution in [2.75, 3.05) is 19.8 Å². The summed E-state index contributed by atoms with van der Waals surface area (Å²) < 4.78 is 5.61. The standard InChI is InChI=1S/C16H17BrN2O3S/c1-19(10-11-3-5-12(23-2)6-4-11)15(20)9-18-16(21)13-7-8-14(17)22-13/h3-8H,9-10H2,1-2H3,(H,18,21). The number of thioether (sulfide) groups is 1. The highest BCUT2D eigenvalue weighted by atomic mass is 79.9. The van der Waals surface area contributed by atoms with Crippen LogP contribution in [-0.4, -0.2) is 36.6 Å². The fourth-order valence-electron chi connectivity index (χ4n) is 1.91. The van der Waals surface area contributed by atoms with E-state index in [0.717, 1.165) is 5.56 Å². The van der Waals surface area contributed by atoms with Gasteiger partial charge in [-0.2, -0.15) is 0 Å². The number of amides is 2. The fraction of sp³-hybridized carbons (Fsp3) is 0.250. The van der Waals surface area contributed by atoms with Crippen LogP contribution in [0.3, 0.4) is 0 Å². The van der Waals surface area contributed by atoms with Gasteiger partial charge >= 0.3 is 0 Å². The Morgan fingerprint density at radius 1 is 1.22 bits per heavy atom. The molecule has 1 heterocycles. The van der Waals surface area contributed by atoms with E-state index in [4.69, 9.17) is 4.42 Å². The molecule has 1 N–H and O–H groups in total. The van der Waals surface area contributed by atoms with Crippen molar-refractivity contribution < 1.29 is 14.0 Å². The van der Waals surface area contributed by atoms with Crippen molar-refractivity contribution in [2.24, 2.45) is 0 Å². The van der Waals surface area contributed by atoms with Crippen molar-refractivity contribution in [3.05, 3.63) is 52.4 Å². The summed E-state index contributed by atoms with van der Waals surface area (Å²) in [5.74, 6) is -0.417. The molecule has 0 saturated heterocycles. The molecule has 0 fully saturated rings. The van der Waals surface area contributed by atoms with Gasteiger partial charge in [-0.3, -0.25) is 9.59 Å². The topological polar surface area (TPSA) is 62.6 Å². The van der Waals surface area contributed by atoms with Gasteiger partial charge in [-0.25, -0.2) is 0 Å². The van der Waals surface area contributed by atoms with Gasteiger partial charge in [0, 0.05) is 18.5 Å². The maximum atomic E-state index is 12.1. The quantitative estimate of drug-likeness (QED) is 0.761. The maximum absolute atomic E-state index is 12.1. The van der Waals surface area contributed by atoms with Gasteiger partial charge in [-0.1, -0.05) is 12.1 Å². The minimum atomic E-state index is -0.415. The Balaban J connectivity index is 1.83. The van der Waals surface area contributed by atoms with Crippen LogP contribution in [0.5, 0.6) is 0 Å². The molecule has 0 radical (unpaired) electrons. The van der Waals surface area contributed by atoms with Gasteiger partial charge in [0.2, 0.25) is 5.91 Å². The molecule has 0 aliphatic rings. The van der Waals surface area contributed by atoms with E-state index in [2.05, 4.69) is 21.2 Å². The zero-order valence-corrected chi connectivity index (χ0v) is 15.2. The van der Waals surface area contributed by atoms with Crippen molar-refractivity contribution in [3.63, 3.8) is 0 Å². The SMILES string of the molecule is CSc1ccc(CN(C)C(=O)CNC(=O)c2ccc(Br)o2)cc1. The molecule has 2 amide bonds. The first-order valence-corrected chi connectivity index (χ1v) is 8.92. The van der Waals surface area contributed by atoms with Gasteiger partial charge in [0.15, 0.2) is 10.4 Å². The minimum absolute atomic E-state index is 0.0729. The molecule has 2 rings (SSSR count). The largest absolute Gasteiger partial charge is 0.444 e. The predicted molar refractivity (Wildman–Crippen MR) is 93.4 cm³/mol. The van der Waals surface area contributed by atoms with Crippen LogP contribution >= 0.6 is 27.7 Å². The Kier molecular flexibility index (Phi) is 6.29. The fourth-order valence-corrected chi connectivity index (χ4v) is 2.62. The summed E-state index contributed by atoms with van der Waals surface area (Å²) >= 11 is 4.80. The Hall–Kier alpha value is -1.73. The van der Waals surface area contributed by atoms with E-state index in [0.29, 0.717) is 11.2 Å².